The number of nitrogens with one attached hydrogen (secondary N) is 1. The Labute approximate surface area is 148 Å². The summed E-state index contributed by atoms with van der Waals surface area (Å²) in [5.41, 5.74) is 2.46. The highest BCUT2D eigenvalue weighted by atomic mass is 32.1. The van der Waals surface area contributed by atoms with Crippen LogP contribution >= 0.6 is 12.6 Å². The maximum atomic E-state index is 5.83. The predicted molar refractivity (Wildman–Crippen MR) is 99.9 cm³/mol. The van der Waals surface area contributed by atoms with Crippen LogP contribution in [0.5, 0.6) is 11.5 Å². The Morgan fingerprint density at radius 2 is 1.83 bits per heavy atom. The van der Waals surface area contributed by atoms with Gasteiger partial charge in [0.15, 0.2) is 0 Å². The molecule has 0 aliphatic carbocycles. The fraction of sp³-hybridized carbons (Fsp3) is 0.150. The van der Waals surface area contributed by atoms with Crippen LogP contribution in [0.25, 0.3) is 0 Å². The van der Waals surface area contributed by atoms with Gasteiger partial charge in [-0.15, -0.1) is 12.6 Å². The Hall–Kier alpha value is -2.30. The summed E-state index contributed by atoms with van der Waals surface area (Å²) in [6, 6.07) is 20.1. The van der Waals surface area contributed by atoms with Gasteiger partial charge in [0, 0.05) is 17.6 Å². The summed E-state index contributed by atoms with van der Waals surface area (Å²) in [5.74, 6) is 1.52. The van der Waals surface area contributed by atoms with Crippen molar-refractivity contribution in [2.75, 3.05) is 6.54 Å². The minimum atomic E-state index is 0.729. The molecular formula is C20H20N2OS. The maximum absolute atomic E-state index is 5.83. The number of thiol groups is 1. The van der Waals surface area contributed by atoms with E-state index in [2.05, 4.69) is 47.2 Å². The second-order valence-corrected chi connectivity index (χ2v) is 5.98. The average molecular weight is 336 g/mol. The second-order valence-electron chi connectivity index (χ2n) is 5.49. The van der Waals surface area contributed by atoms with E-state index in [4.69, 9.17) is 4.74 Å². The van der Waals surface area contributed by atoms with E-state index in [1.54, 1.807) is 12.4 Å². The van der Waals surface area contributed by atoms with Crippen LogP contribution in [0.3, 0.4) is 0 Å². The molecule has 0 aliphatic heterocycles. The summed E-state index contributed by atoms with van der Waals surface area (Å²) >= 11 is 4.54. The Morgan fingerprint density at radius 1 is 0.958 bits per heavy atom. The molecule has 0 radical (unpaired) electrons. The van der Waals surface area contributed by atoms with E-state index in [0.717, 1.165) is 41.5 Å². The van der Waals surface area contributed by atoms with Gasteiger partial charge in [0.05, 0.1) is 6.20 Å². The van der Waals surface area contributed by atoms with E-state index in [0.29, 0.717) is 0 Å². The Bertz CT molecular complexity index is 763. The largest absolute Gasteiger partial charge is 0.456 e. The van der Waals surface area contributed by atoms with Gasteiger partial charge in [-0.1, -0.05) is 30.3 Å². The first-order valence-corrected chi connectivity index (χ1v) is 8.40. The summed E-state index contributed by atoms with van der Waals surface area (Å²) in [7, 11) is 0. The lowest BCUT2D eigenvalue weighted by Crippen LogP contribution is -2.17. The third kappa shape index (κ3) is 4.85. The van der Waals surface area contributed by atoms with Crippen molar-refractivity contribution in [3.8, 4) is 11.5 Å². The average Bonchev–Trinajstić information content (AvgIpc) is 2.63. The minimum Gasteiger partial charge on any atom is -0.456 e. The van der Waals surface area contributed by atoms with Crippen LogP contribution in [0.1, 0.15) is 11.1 Å². The molecular weight excluding hydrogens is 316 g/mol. The molecule has 0 fully saturated rings. The standard InChI is InChI=1S/C20H20N2OS/c24-20-9-8-18(23-19-7-4-11-21-15-19)13-17(20)14-22-12-10-16-5-2-1-3-6-16/h1-9,11,13,15,22,24H,10,12,14H2. The van der Waals surface area contributed by atoms with Gasteiger partial charge in [-0.2, -0.15) is 0 Å². The monoisotopic (exact) mass is 336 g/mol. The van der Waals surface area contributed by atoms with E-state index in [1.807, 2.05) is 36.4 Å². The van der Waals surface area contributed by atoms with Gasteiger partial charge in [0.2, 0.25) is 0 Å². The minimum absolute atomic E-state index is 0.729. The predicted octanol–water partition coefficient (Wildman–Crippen LogP) is 4.49. The van der Waals surface area contributed by atoms with Gasteiger partial charge < -0.3 is 10.1 Å². The molecule has 24 heavy (non-hydrogen) atoms. The molecule has 2 aromatic carbocycles. The molecule has 1 heterocycles. The maximum Gasteiger partial charge on any atom is 0.145 e. The van der Waals surface area contributed by atoms with Crippen molar-refractivity contribution < 1.29 is 4.74 Å². The molecule has 3 rings (SSSR count). The smallest absolute Gasteiger partial charge is 0.145 e. The van der Waals surface area contributed by atoms with Crippen LogP contribution in [0.15, 0.2) is 78.0 Å². The van der Waals surface area contributed by atoms with Gasteiger partial charge >= 0.3 is 0 Å². The normalized spacial score (nSPS) is 10.5. The van der Waals surface area contributed by atoms with Crippen LogP contribution in [-0.2, 0) is 13.0 Å². The third-order valence-electron chi connectivity index (χ3n) is 3.67. The van der Waals surface area contributed by atoms with Crippen LogP contribution in [-0.4, -0.2) is 11.5 Å². The van der Waals surface area contributed by atoms with Gasteiger partial charge in [-0.05, 0) is 54.4 Å². The summed E-state index contributed by atoms with van der Waals surface area (Å²) < 4.78 is 5.83. The molecule has 0 saturated carbocycles. The third-order valence-corrected chi connectivity index (χ3v) is 4.11. The van der Waals surface area contributed by atoms with Crippen molar-refractivity contribution in [1.82, 2.24) is 10.3 Å². The van der Waals surface area contributed by atoms with Crippen molar-refractivity contribution in [2.45, 2.75) is 17.9 Å². The summed E-state index contributed by atoms with van der Waals surface area (Å²) in [4.78, 5) is 5.02. The molecule has 0 amide bonds. The fourth-order valence-corrected chi connectivity index (χ4v) is 2.63. The van der Waals surface area contributed by atoms with Crippen LogP contribution in [0.4, 0.5) is 0 Å². The molecule has 0 spiro atoms. The van der Waals surface area contributed by atoms with Crippen molar-refractivity contribution >= 4 is 12.6 Å². The molecule has 0 unspecified atom stereocenters. The number of hydrogen-bond donors (Lipinski definition) is 2. The molecule has 0 aliphatic rings. The Balaban J connectivity index is 1.56. The second kappa shape index (κ2) is 8.52. The number of ether oxygens (including phenoxy) is 1. The van der Waals surface area contributed by atoms with Gasteiger partial charge in [0.25, 0.3) is 0 Å². The lowest BCUT2D eigenvalue weighted by Gasteiger charge is -2.11. The van der Waals surface area contributed by atoms with Crippen LogP contribution < -0.4 is 10.1 Å². The van der Waals surface area contributed by atoms with Gasteiger partial charge in [-0.3, -0.25) is 4.98 Å². The van der Waals surface area contributed by atoms with Crippen molar-refractivity contribution in [3.63, 3.8) is 0 Å². The number of pyridine rings is 1. The number of rotatable bonds is 7. The van der Waals surface area contributed by atoms with E-state index >= 15 is 0 Å². The zero-order valence-electron chi connectivity index (χ0n) is 13.4. The number of benzene rings is 2. The van der Waals surface area contributed by atoms with Gasteiger partial charge in [-0.25, -0.2) is 0 Å². The van der Waals surface area contributed by atoms with E-state index in [-0.39, 0.29) is 0 Å². The van der Waals surface area contributed by atoms with Crippen molar-refractivity contribution in [1.29, 1.82) is 0 Å². The fourth-order valence-electron chi connectivity index (χ4n) is 2.41. The van der Waals surface area contributed by atoms with Crippen LogP contribution in [0, 0.1) is 0 Å². The SMILES string of the molecule is Sc1ccc(Oc2cccnc2)cc1CNCCc1ccccc1. The highest BCUT2D eigenvalue weighted by molar-refractivity contribution is 7.80. The Morgan fingerprint density at radius 3 is 2.62 bits per heavy atom. The van der Waals surface area contributed by atoms with Crippen molar-refractivity contribution in [3.05, 3.63) is 84.2 Å². The van der Waals surface area contributed by atoms with E-state index < -0.39 is 0 Å². The molecule has 0 bridgehead atoms. The molecule has 3 aromatic rings. The summed E-state index contributed by atoms with van der Waals surface area (Å²) in [5, 5.41) is 3.47. The van der Waals surface area contributed by atoms with Crippen LogP contribution in [0.2, 0.25) is 0 Å². The topological polar surface area (TPSA) is 34.1 Å². The lowest BCUT2D eigenvalue weighted by molar-refractivity contribution is 0.478. The first-order chi connectivity index (χ1) is 11.8. The first-order valence-electron chi connectivity index (χ1n) is 7.96. The van der Waals surface area contributed by atoms with E-state index in [9.17, 15) is 0 Å². The quantitative estimate of drug-likeness (QED) is 0.492. The number of hydrogen-bond acceptors (Lipinski definition) is 4. The molecule has 1 N–H and O–H groups in total. The first kappa shape index (κ1) is 16.6. The summed E-state index contributed by atoms with van der Waals surface area (Å²) in [6.07, 6.45) is 4.44. The molecule has 3 nitrogen and oxygen atoms in total. The lowest BCUT2D eigenvalue weighted by atomic mass is 10.1. The molecule has 1 aromatic heterocycles. The highest BCUT2D eigenvalue weighted by Gasteiger charge is 2.03. The van der Waals surface area contributed by atoms with Crippen molar-refractivity contribution in [2.24, 2.45) is 0 Å². The molecule has 0 saturated heterocycles. The molecule has 122 valence electrons. The van der Waals surface area contributed by atoms with Gasteiger partial charge in [0.1, 0.15) is 11.5 Å². The van der Waals surface area contributed by atoms with E-state index in [1.165, 1.54) is 5.56 Å². The molecule has 4 heteroatoms. The highest BCUT2D eigenvalue weighted by Crippen LogP contribution is 2.25. The zero-order valence-corrected chi connectivity index (χ0v) is 14.2. The molecule has 0 atom stereocenters. The summed E-state index contributed by atoms with van der Waals surface area (Å²) in [6.45, 7) is 1.68. The Kier molecular flexibility index (Phi) is 5.88. The number of aromatic nitrogens is 1. The number of nitrogens with zero attached hydrogens (tertiary/aromatic N) is 1. The zero-order chi connectivity index (χ0) is 16.6.